The molecule has 0 saturated carbocycles. The second-order valence-electron chi connectivity index (χ2n) is 8.91. The lowest BCUT2D eigenvalue weighted by Gasteiger charge is -2.27. The van der Waals surface area contributed by atoms with Gasteiger partial charge in [0, 0.05) is 58.9 Å². The molecule has 2 atom stereocenters. The van der Waals surface area contributed by atoms with Gasteiger partial charge in [0.15, 0.2) is 0 Å². The van der Waals surface area contributed by atoms with E-state index in [4.69, 9.17) is 0 Å². The van der Waals surface area contributed by atoms with Crippen molar-refractivity contribution in [2.24, 2.45) is 0 Å². The number of β-amino-alcohol motifs (C(OH)–C–C–N with tert-alkyl or cyclic N) is 2. The molecule has 2 N–H and O–H groups in total. The third-order valence-corrected chi connectivity index (χ3v) is 5.93. The Morgan fingerprint density at radius 2 is 1.30 bits per heavy atom. The fourth-order valence-electron chi connectivity index (χ4n) is 4.34. The molecular weight excluding hydrogens is 374 g/mol. The van der Waals surface area contributed by atoms with E-state index in [-0.39, 0.29) is 12.2 Å². The van der Waals surface area contributed by atoms with Crippen LogP contribution in [0, 0.1) is 0 Å². The van der Waals surface area contributed by atoms with Crippen LogP contribution in [0.5, 0.6) is 0 Å². The van der Waals surface area contributed by atoms with Gasteiger partial charge >= 0.3 is 0 Å². The topological polar surface area (TPSA) is 50.2 Å². The van der Waals surface area contributed by atoms with Gasteiger partial charge in [-0.2, -0.15) is 0 Å². The van der Waals surface area contributed by atoms with Gasteiger partial charge in [-0.3, -0.25) is 14.7 Å². The van der Waals surface area contributed by atoms with Crippen molar-refractivity contribution in [1.82, 2.24) is 14.7 Å². The lowest BCUT2D eigenvalue weighted by molar-refractivity contribution is 0.102. The van der Waals surface area contributed by atoms with Gasteiger partial charge in [-0.15, -0.1) is 0 Å². The van der Waals surface area contributed by atoms with Gasteiger partial charge in [-0.1, -0.05) is 42.5 Å². The molecule has 2 aliphatic rings. The van der Waals surface area contributed by atoms with Crippen molar-refractivity contribution in [2.45, 2.75) is 45.4 Å². The molecule has 0 spiro atoms. The molecule has 1 saturated heterocycles. The van der Waals surface area contributed by atoms with Crippen molar-refractivity contribution in [1.29, 1.82) is 0 Å². The molecule has 0 aromatic heterocycles. The van der Waals surface area contributed by atoms with E-state index in [9.17, 15) is 10.2 Å². The SMILES string of the molecule is CC(O)CN1CCN(Cc2ccc(C3=CCCC=C3)cc2)CCN(CC(C)O)CC1. The fraction of sp³-hybridized carbons (Fsp3) is 0.600. The Morgan fingerprint density at radius 3 is 1.77 bits per heavy atom. The molecule has 3 rings (SSSR count). The van der Waals surface area contributed by atoms with Crippen LogP contribution < -0.4 is 0 Å². The summed E-state index contributed by atoms with van der Waals surface area (Å²) in [6, 6.07) is 9.00. The van der Waals surface area contributed by atoms with E-state index in [1.54, 1.807) is 0 Å². The number of nitrogens with zero attached hydrogens (tertiary/aromatic N) is 3. The number of aliphatic hydroxyl groups excluding tert-OH is 2. The molecule has 0 bridgehead atoms. The molecular formula is C25H39N3O2. The number of rotatable bonds is 7. The van der Waals surface area contributed by atoms with Gasteiger partial charge in [0.2, 0.25) is 0 Å². The molecule has 0 radical (unpaired) electrons. The highest BCUT2D eigenvalue weighted by atomic mass is 16.3. The Bertz CT molecular complexity index is 675. The highest BCUT2D eigenvalue weighted by molar-refractivity contribution is 5.74. The number of benzene rings is 1. The highest BCUT2D eigenvalue weighted by Crippen LogP contribution is 2.22. The van der Waals surface area contributed by atoms with Crippen LogP contribution in [0.25, 0.3) is 5.57 Å². The second kappa shape index (κ2) is 11.8. The Balaban J connectivity index is 1.63. The largest absolute Gasteiger partial charge is 0.392 e. The minimum absolute atomic E-state index is 0.319. The van der Waals surface area contributed by atoms with Crippen LogP contribution in [-0.4, -0.2) is 89.5 Å². The summed E-state index contributed by atoms with van der Waals surface area (Å²) in [4.78, 5) is 7.20. The molecule has 1 aromatic carbocycles. The summed E-state index contributed by atoms with van der Waals surface area (Å²) in [6.45, 7) is 11.8. The van der Waals surface area contributed by atoms with Gasteiger partial charge in [-0.05, 0) is 43.4 Å². The first-order chi connectivity index (χ1) is 14.5. The predicted octanol–water partition coefficient (Wildman–Crippen LogP) is 2.60. The third-order valence-electron chi connectivity index (χ3n) is 5.93. The van der Waals surface area contributed by atoms with Gasteiger partial charge < -0.3 is 10.2 Å². The molecule has 1 fully saturated rings. The van der Waals surface area contributed by atoms with E-state index in [0.717, 1.165) is 58.7 Å². The summed E-state index contributed by atoms with van der Waals surface area (Å²) in [5.41, 5.74) is 3.96. The van der Waals surface area contributed by atoms with Gasteiger partial charge in [0.25, 0.3) is 0 Å². The summed E-state index contributed by atoms with van der Waals surface area (Å²) in [5.74, 6) is 0. The molecule has 1 aliphatic carbocycles. The van der Waals surface area contributed by atoms with E-state index in [1.165, 1.54) is 16.7 Å². The first-order valence-electron chi connectivity index (χ1n) is 11.5. The summed E-state index contributed by atoms with van der Waals surface area (Å²) in [5, 5.41) is 19.7. The van der Waals surface area contributed by atoms with Crippen LogP contribution in [-0.2, 0) is 6.54 Å². The normalized spacial score (nSPS) is 22.1. The zero-order valence-corrected chi connectivity index (χ0v) is 18.7. The summed E-state index contributed by atoms with van der Waals surface area (Å²) in [7, 11) is 0. The lowest BCUT2D eigenvalue weighted by atomic mass is 9.98. The van der Waals surface area contributed by atoms with E-state index >= 15 is 0 Å². The molecule has 1 aliphatic heterocycles. The Morgan fingerprint density at radius 1 is 0.767 bits per heavy atom. The maximum absolute atomic E-state index is 9.86. The number of aliphatic hydroxyl groups is 2. The van der Waals surface area contributed by atoms with Crippen LogP contribution >= 0.6 is 0 Å². The minimum Gasteiger partial charge on any atom is -0.392 e. The van der Waals surface area contributed by atoms with Crippen molar-refractivity contribution >= 4 is 5.57 Å². The molecule has 1 aromatic rings. The zero-order valence-electron chi connectivity index (χ0n) is 18.7. The monoisotopic (exact) mass is 413 g/mol. The second-order valence-corrected chi connectivity index (χ2v) is 8.91. The Hall–Kier alpha value is -1.50. The average Bonchev–Trinajstić information content (AvgIpc) is 2.81. The van der Waals surface area contributed by atoms with Crippen LogP contribution in [0.1, 0.15) is 37.8 Å². The summed E-state index contributed by atoms with van der Waals surface area (Å²) >= 11 is 0. The first-order valence-corrected chi connectivity index (χ1v) is 11.5. The van der Waals surface area contributed by atoms with Gasteiger partial charge in [0.05, 0.1) is 12.2 Å². The van der Waals surface area contributed by atoms with Crippen molar-refractivity contribution in [3.05, 3.63) is 53.6 Å². The lowest BCUT2D eigenvalue weighted by Crippen LogP contribution is -2.41. The molecule has 166 valence electrons. The molecule has 5 nitrogen and oxygen atoms in total. The van der Waals surface area contributed by atoms with Crippen molar-refractivity contribution in [3.8, 4) is 0 Å². The average molecular weight is 414 g/mol. The van der Waals surface area contributed by atoms with Crippen molar-refractivity contribution < 1.29 is 10.2 Å². The molecule has 5 heteroatoms. The zero-order chi connectivity index (χ0) is 21.3. The number of hydrogen-bond acceptors (Lipinski definition) is 5. The first kappa shape index (κ1) is 23.2. The molecule has 2 unspecified atom stereocenters. The predicted molar refractivity (Wildman–Crippen MR) is 124 cm³/mol. The molecule has 1 heterocycles. The minimum atomic E-state index is -0.319. The van der Waals surface area contributed by atoms with Gasteiger partial charge in [0.1, 0.15) is 0 Å². The van der Waals surface area contributed by atoms with Crippen LogP contribution in [0.3, 0.4) is 0 Å². The smallest absolute Gasteiger partial charge is 0.0639 e. The summed E-state index contributed by atoms with van der Waals surface area (Å²) in [6.07, 6.45) is 8.45. The Kier molecular flexibility index (Phi) is 9.09. The molecule has 0 amide bonds. The van der Waals surface area contributed by atoms with E-state index < -0.39 is 0 Å². The fourth-order valence-corrected chi connectivity index (χ4v) is 4.34. The van der Waals surface area contributed by atoms with Crippen LogP contribution in [0.15, 0.2) is 42.5 Å². The number of hydrogen-bond donors (Lipinski definition) is 2. The maximum Gasteiger partial charge on any atom is 0.0639 e. The standard InChI is InChI=1S/C25H39N3O2/c1-21(29)18-26-12-13-27(19-22(2)30)15-17-28(16-14-26)20-23-8-10-25(11-9-23)24-6-4-3-5-7-24/h4,6-11,21-22,29-30H,3,5,12-20H2,1-2H3. The highest BCUT2D eigenvalue weighted by Gasteiger charge is 2.18. The van der Waals surface area contributed by atoms with Crippen LogP contribution in [0.2, 0.25) is 0 Å². The molecule has 30 heavy (non-hydrogen) atoms. The van der Waals surface area contributed by atoms with E-state index in [1.807, 2.05) is 13.8 Å². The Labute approximate surface area is 182 Å². The van der Waals surface area contributed by atoms with Crippen LogP contribution in [0.4, 0.5) is 0 Å². The van der Waals surface area contributed by atoms with Crippen molar-refractivity contribution in [3.63, 3.8) is 0 Å². The van der Waals surface area contributed by atoms with Crippen molar-refractivity contribution in [2.75, 3.05) is 52.4 Å². The summed E-state index contributed by atoms with van der Waals surface area (Å²) < 4.78 is 0. The van der Waals surface area contributed by atoms with Gasteiger partial charge in [-0.25, -0.2) is 0 Å². The maximum atomic E-state index is 9.86. The number of allylic oxidation sites excluding steroid dienone is 4. The van der Waals surface area contributed by atoms with E-state index in [0.29, 0.717) is 13.1 Å². The van der Waals surface area contributed by atoms with E-state index in [2.05, 4.69) is 57.2 Å². The third kappa shape index (κ3) is 7.64. The quantitative estimate of drug-likeness (QED) is 0.720.